The fraction of sp³-hybridized carbons (Fsp3) is 1.00. The molecular formula is C7H14N2. The zero-order valence-electron chi connectivity index (χ0n) is 5.93. The molecule has 9 heavy (non-hydrogen) atoms. The quantitative estimate of drug-likeness (QED) is 0.515. The number of fused-ring (bicyclic) bond motifs is 3. The smallest absolute Gasteiger partial charge is 0.0241 e. The molecule has 0 atom stereocenters. The van der Waals surface area contributed by atoms with Crippen LogP contribution < -0.4 is 5.43 Å². The molecule has 0 radical (unpaired) electrons. The lowest BCUT2D eigenvalue weighted by Crippen LogP contribution is -2.56. The molecule has 3 aliphatic rings. The largest absolute Gasteiger partial charge is 0.252 e. The number of hydrogen-bond acceptors (Lipinski definition) is 2. The molecule has 0 amide bonds. The lowest BCUT2D eigenvalue weighted by atomic mass is 9.89. The van der Waals surface area contributed by atoms with E-state index in [1.165, 1.54) is 25.7 Å². The first-order valence-electron chi connectivity index (χ1n) is 3.85. The van der Waals surface area contributed by atoms with Gasteiger partial charge in [-0.3, -0.25) is 5.43 Å². The second-order valence-electron chi connectivity index (χ2n) is 3.25. The van der Waals surface area contributed by atoms with E-state index in [9.17, 15) is 0 Å². The maximum Gasteiger partial charge on any atom is 0.0241 e. The lowest BCUT2D eigenvalue weighted by Gasteiger charge is -2.44. The molecule has 2 heterocycles. The van der Waals surface area contributed by atoms with E-state index in [0.717, 1.165) is 12.1 Å². The Morgan fingerprint density at radius 2 is 1.89 bits per heavy atom. The third kappa shape index (κ3) is 0.864. The highest BCUT2D eigenvalue weighted by Gasteiger charge is 2.30. The average molecular weight is 126 g/mol. The second-order valence-corrected chi connectivity index (χ2v) is 3.25. The summed E-state index contributed by atoms with van der Waals surface area (Å²) in [7, 11) is 2.16. The van der Waals surface area contributed by atoms with E-state index < -0.39 is 0 Å². The van der Waals surface area contributed by atoms with Gasteiger partial charge in [0.15, 0.2) is 0 Å². The average Bonchev–Trinajstić information content (AvgIpc) is 1.90. The zero-order valence-corrected chi connectivity index (χ0v) is 5.93. The van der Waals surface area contributed by atoms with E-state index in [-0.39, 0.29) is 0 Å². The summed E-state index contributed by atoms with van der Waals surface area (Å²) < 4.78 is 0. The van der Waals surface area contributed by atoms with Crippen LogP contribution in [0.15, 0.2) is 0 Å². The molecule has 0 aromatic rings. The van der Waals surface area contributed by atoms with Crippen LogP contribution in [-0.4, -0.2) is 24.1 Å². The van der Waals surface area contributed by atoms with Crippen LogP contribution in [-0.2, 0) is 0 Å². The van der Waals surface area contributed by atoms with Gasteiger partial charge in [0.05, 0.1) is 0 Å². The van der Waals surface area contributed by atoms with Gasteiger partial charge in [0.25, 0.3) is 0 Å². The molecule has 1 aliphatic carbocycles. The van der Waals surface area contributed by atoms with Crippen molar-refractivity contribution in [3.8, 4) is 0 Å². The van der Waals surface area contributed by atoms with Gasteiger partial charge >= 0.3 is 0 Å². The van der Waals surface area contributed by atoms with Crippen LogP contribution in [0.3, 0.4) is 0 Å². The predicted molar refractivity (Wildman–Crippen MR) is 36.9 cm³/mol. The molecular weight excluding hydrogens is 112 g/mol. The third-order valence-corrected chi connectivity index (χ3v) is 2.63. The summed E-state index contributed by atoms with van der Waals surface area (Å²) in [5.74, 6) is 0. The maximum absolute atomic E-state index is 3.45. The van der Waals surface area contributed by atoms with Crippen LogP contribution in [0.4, 0.5) is 0 Å². The molecule has 0 unspecified atom stereocenters. The molecule has 2 nitrogen and oxygen atoms in total. The minimum absolute atomic E-state index is 0.806. The number of nitrogens with one attached hydrogen (secondary N) is 1. The molecule has 1 N–H and O–H groups in total. The summed E-state index contributed by atoms with van der Waals surface area (Å²) in [4.78, 5) is 0. The van der Waals surface area contributed by atoms with Gasteiger partial charge in [-0.1, -0.05) is 0 Å². The van der Waals surface area contributed by atoms with Gasteiger partial charge in [-0.05, 0) is 25.7 Å². The Morgan fingerprint density at radius 3 is 2.11 bits per heavy atom. The van der Waals surface area contributed by atoms with Crippen LogP contribution in [0.1, 0.15) is 25.7 Å². The summed E-state index contributed by atoms with van der Waals surface area (Å²) in [6.07, 6.45) is 5.62. The molecule has 0 aromatic carbocycles. The van der Waals surface area contributed by atoms with Gasteiger partial charge in [0.1, 0.15) is 0 Å². The fourth-order valence-corrected chi connectivity index (χ4v) is 1.99. The zero-order chi connectivity index (χ0) is 6.27. The summed E-state index contributed by atoms with van der Waals surface area (Å²) in [6.45, 7) is 0. The first-order valence-corrected chi connectivity index (χ1v) is 3.85. The standard InChI is InChI=1S/C7H14N2/c1-9-7-4-2-6(8-9)3-5-7/h6-8H,2-5H2,1H3. The monoisotopic (exact) mass is 126 g/mol. The summed E-state index contributed by atoms with van der Waals surface area (Å²) in [6, 6.07) is 1.65. The Bertz CT molecular complexity index is 105. The summed E-state index contributed by atoms with van der Waals surface area (Å²) >= 11 is 0. The van der Waals surface area contributed by atoms with E-state index in [2.05, 4.69) is 17.5 Å². The molecule has 0 spiro atoms. The molecule has 1 saturated carbocycles. The van der Waals surface area contributed by atoms with Crippen molar-refractivity contribution in [3.63, 3.8) is 0 Å². The van der Waals surface area contributed by atoms with Crippen LogP contribution in [0, 0.1) is 0 Å². The van der Waals surface area contributed by atoms with Gasteiger partial charge < -0.3 is 0 Å². The van der Waals surface area contributed by atoms with Crippen molar-refractivity contribution >= 4 is 0 Å². The molecule has 0 aromatic heterocycles. The normalized spacial score (nSPS) is 43.7. The van der Waals surface area contributed by atoms with Crippen LogP contribution in [0.2, 0.25) is 0 Å². The third-order valence-electron chi connectivity index (χ3n) is 2.63. The lowest BCUT2D eigenvalue weighted by molar-refractivity contribution is 0.0290. The first-order chi connectivity index (χ1) is 4.36. The van der Waals surface area contributed by atoms with E-state index in [1.807, 2.05) is 0 Å². The van der Waals surface area contributed by atoms with E-state index >= 15 is 0 Å². The Hall–Kier alpha value is -0.0800. The minimum atomic E-state index is 0.806. The second kappa shape index (κ2) is 1.96. The topological polar surface area (TPSA) is 15.3 Å². The van der Waals surface area contributed by atoms with Gasteiger partial charge in [-0.2, -0.15) is 0 Å². The SMILES string of the molecule is CN1NC2CCC1CC2. The molecule has 3 rings (SSSR count). The maximum atomic E-state index is 3.45. The predicted octanol–water partition coefficient (Wildman–Crippen LogP) is 0.748. The molecule has 2 bridgehead atoms. The highest BCUT2D eigenvalue weighted by Crippen LogP contribution is 2.26. The van der Waals surface area contributed by atoms with Crippen molar-refractivity contribution in [2.75, 3.05) is 7.05 Å². The minimum Gasteiger partial charge on any atom is -0.252 e. The Morgan fingerprint density at radius 1 is 1.22 bits per heavy atom. The van der Waals surface area contributed by atoms with Crippen molar-refractivity contribution in [1.82, 2.24) is 10.4 Å². The van der Waals surface area contributed by atoms with Crippen molar-refractivity contribution in [1.29, 1.82) is 0 Å². The molecule has 2 heteroatoms. The van der Waals surface area contributed by atoms with Gasteiger partial charge in [-0.15, -0.1) is 0 Å². The molecule has 2 saturated heterocycles. The van der Waals surface area contributed by atoms with E-state index in [0.29, 0.717) is 0 Å². The van der Waals surface area contributed by atoms with Crippen LogP contribution >= 0.6 is 0 Å². The Balaban J connectivity index is 2.06. The number of hydrogen-bond donors (Lipinski definition) is 1. The van der Waals surface area contributed by atoms with Crippen LogP contribution in [0.25, 0.3) is 0 Å². The van der Waals surface area contributed by atoms with E-state index in [1.54, 1.807) is 0 Å². The van der Waals surface area contributed by atoms with Gasteiger partial charge in [0.2, 0.25) is 0 Å². The summed E-state index contributed by atoms with van der Waals surface area (Å²) in [5.41, 5.74) is 3.45. The van der Waals surface area contributed by atoms with Gasteiger partial charge in [0, 0.05) is 19.1 Å². The van der Waals surface area contributed by atoms with E-state index in [4.69, 9.17) is 0 Å². The fourth-order valence-electron chi connectivity index (χ4n) is 1.99. The highest BCUT2D eigenvalue weighted by atomic mass is 15.5. The number of rotatable bonds is 0. The number of hydrazine groups is 1. The van der Waals surface area contributed by atoms with Gasteiger partial charge in [-0.25, -0.2) is 5.01 Å². The molecule has 3 fully saturated rings. The molecule has 52 valence electrons. The van der Waals surface area contributed by atoms with Crippen molar-refractivity contribution in [3.05, 3.63) is 0 Å². The first kappa shape index (κ1) is 5.69. The Kier molecular flexibility index (Phi) is 1.24. The van der Waals surface area contributed by atoms with Crippen molar-refractivity contribution in [2.45, 2.75) is 37.8 Å². The summed E-state index contributed by atoms with van der Waals surface area (Å²) in [5, 5.41) is 2.29. The number of nitrogens with zero attached hydrogens (tertiary/aromatic N) is 1. The Labute approximate surface area is 56.2 Å². The highest BCUT2D eigenvalue weighted by molar-refractivity contribution is 4.85. The van der Waals surface area contributed by atoms with Crippen LogP contribution in [0.5, 0.6) is 0 Å². The van der Waals surface area contributed by atoms with Crippen molar-refractivity contribution in [2.24, 2.45) is 0 Å². The van der Waals surface area contributed by atoms with Crippen molar-refractivity contribution < 1.29 is 0 Å². The molecule has 2 aliphatic heterocycles.